The lowest BCUT2D eigenvalue weighted by molar-refractivity contribution is 0.217. The van der Waals surface area contributed by atoms with E-state index in [0.717, 1.165) is 17.7 Å². The fourth-order valence-corrected chi connectivity index (χ4v) is 3.91. The van der Waals surface area contributed by atoms with Crippen molar-refractivity contribution in [1.29, 1.82) is 0 Å². The van der Waals surface area contributed by atoms with Crippen molar-refractivity contribution in [1.82, 2.24) is 4.90 Å². The fraction of sp³-hybridized carbons (Fsp3) is 0.588. The smallest absolute Gasteiger partial charge is 0.321 e. The highest BCUT2D eigenvalue weighted by Gasteiger charge is 2.38. The maximum Gasteiger partial charge on any atom is 0.321 e. The number of carbonyl (C=O) groups excluding carboxylic acids is 1. The van der Waals surface area contributed by atoms with Crippen LogP contribution >= 0.6 is 0 Å². The third-order valence-corrected chi connectivity index (χ3v) is 5.45. The van der Waals surface area contributed by atoms with Crippen molar-refractivity contribution in [2.24, 2.45) is 11.1 Å². The van der Waals surface area contributed by atoms with E-state index in [4.69, 9.17) is 5.73 Å². The standard InChI is InChI=1S/C17H25N3O/c1-3-17(8-4-5-9-17)15(18)12-6-7-14-13(10-12)11-20(2)16(21)19-14/h6-7,10,15H,3-5,8-9,11,18H2,1-2H3,(H,19,21). The lowest BCUT2D eigenvalue weighted by Crippen LogP contribution is -2.36. The van der Waals surface area contributed by atoms with Gasteiger partial charge in [0.15, 0.2) is 0 Å². The number of fused-ring (bicyclic) bond motifs is 1. The number of urea groups is 1. The van der Waals surface area contributed by atoms with E-state index in [1.54, 1.807) is 4.90 Å². The Labute approximate surface area is 126 Å². The molecule has 0 aromatic heterocycles. The number of rotatable bonds is 3. The number of benzene rings is 1. The van der Waals surface area contributed by atoms with E-state index in [9.17, 15) is 4.79 Å². The second-order valence-electron chi connectivity index (χ2n) is 6.60. The highest BCUT2D eigenvalue weighted by Crippen LogP contribution is 2.49. The Bertz CT molecular complexity index is 549. The molecule has 2 aliphatic rings. The van der Waals surface area contributed by atoms with Gasteiger partial charge in [-0.15, -0.1) is 0 Å². The fourth-order valence-electron chi connectivity index (χ4n) is 3.91. The molecular formula is C17H25N3O. The molecule has 114 valence electrons. The maximum absolute atomic E-state index is 11.7. The molecule has 1 saturated carbocycles. The molecule has 1 unspecified atom stereocenters. The van der Waals surface area contributed by atoms with Gasteiger partial charge in [0.05, 0.1) is 0 Å². The summed E-state index contributed by atoms with van der Waals surface area (Å²) in [6, 6.07) is 6.34. The monoisotopic (exact) mass is 287 g/mol. The molecule has 1 aromatic carbocycles. The summed E-state index contributed by atoms with van der Waals surface area (Å²) in [6.45, 7) is 2.92. The van der Waals surface area contributed by atoms with Gasteiger partial charge in [0, 0.05) is 25.3 Å². The summed E-state index contributed by atoms with van der Waals surface area (Å²) in [5, 5.41) is 2.91. The Morgan fingerprint density at radius 2 is 2.10 bits per heavy atom. The van der Waals surface area contributed by atoms with Gasteiger partial charge in [0.2, 0.25) is 0 Å². The van der Waals surface area contributed by atoms with Gasteiger partial charge < -0.3 is 16.0 Å². The van der Waals surface area contributed by atoms with Gasteiger partial charge in [-0.3, -0.25) is 0 Å². The minimum atomic E-state index is -0.0413. The molecule has 0 bridgehead atoms. The van der Waals surface area contributed by atoms with Crippen LogP contribution in [-0.2, 0) is 6.54 Å². The largest absolute Gasteiger partial charge is 0.323 e. The molecule has 1 aliphatic heterocycles. The molecule has 1 atom stereocenters. The predicted octanol–water partition coefficient (Wildman–Crippen LogP) is 3.63. The van der Waals surface area contributed by atoms with Gasteiger partial charge in [-0.1, -0.05) is 31.9 Å². The summed E-state index contributed by atoms with van der Waals surface area (Å²) < 4.78 is 0. The minimum absolute atomic E-state index is 0.0413. The first kappa shape index (κ1) is 14.4. The third-order valence-electron chi connectivity index (χ3n) is 5.45. The Kier molecular flexibility index (Phi) is 3.66. The van der Waals surface area contributed by atoms with Crippen LogP contribution in [0.25, 0.3) is 0 Å². The molecule has 4 nitrogen and oxygen atoms in total. The lowest BCUT2D eigenvalue weighted by atomic mass is 9.73. The summed E-state index contributed by atoms with van der Waals surface area (Å²) >= 11 is 0. The zero-order valence-corrected chi connectivity index (χ0v) is 13.0. The molecule has 1 aromatic rings. The summed E-state index contributed by atoms with van der Waals surface area (Å²) in [7, 11) is 1.81. The Balaban J connectivity index is 1.90. The summed E-state index contributed by atoms with van der Waals surface area (Å²) in [5.74, 6) is 0. The minimum Gasteiger partial charge on any atom is -0.323 e. The third kappa shape index (κ3) is 2.42. The molecule has 21 heavy (non-hydrogen) atoms. The zero-order chi connectivity index (χ0) is 15.0. The topological polar surface area (TPSA) is 58.4 Å². The van der Waals surface area contributed by atoms with Crippen molar-refractivity contribution >= 4 is 11.7 Å². The van der Waals surface area contributed by atoms with Crippen molar-refractivity contribution in [3.05, 3.63) is 29.3 Å². The lowest BCUT2D eigenvalue weighted by Gasteiger charge is -2.35. The van der Waals surface area contributed by atoms with Crippen LogP contribution in [0.2, 0.25) is 0 Å². The molecule has 0 radical (unpaired) electrons. The first-order chi connectivity index (χ1) is 10.1. The van der Waals surface area contributed by atoms with Gasteiger partial charge >= 0.3 is 6.03 Å². The van der Waals surface area contributed by atoms with Crippen molar-refractivity contribution in [3.8, 4) is 0 Å². The molecule has 2 amide bonds. The average molecular weight is 287 g/mol. The van der Waals surface area contributed by atoms with Gasteiger partial charge in [0.1, 0.15) is 0 Å². The van der Waals surface area contributed by atoms with Crippen LogP contribution in [0.3, 0.4) is 0 Å². The SMILES string of the molecule is CCC1(C(N)c2ccc3c(c2)CN(C)C(=O)N3)CCCC1. The number of amides is 2. The van der Waals surface area contributed by atoms with E-state index < -0.39 is 0 Å². The molecule has 0 saturated heterocycles. The van der Waals surface area contributed by atoms with E-state index in [1.165, 1.54) is 31.2 Å². The second kappa shape index (κ2) is 5.34. The van der Waals surface area contributed by atoms with Crippen molar-refractivity contribution in [3.63, 3.8) is 0 Å². The van der Waals surface area contributed by atoms with Crippen LogP contribution in [-0.4, -0.2) is 18.0 Å². The molecule has 0 spiro atoms. The van der Waals surface area contributed by atoms with Gasteiger partial charge in [-0.2, -0.15) is 0 Å². The summed E-state index contributed by atoms with van der Waals surface area (Å²) in [6.07, 6.45) is 6.20. The summed E-state index contributed by atoms with van der Waals surface area (Å²) in [4.78, 5) is 13.4. The Morgan fingerprint density at radius 1 is 1.38 bits per heavy atom. The first-order valence-electron chi connectivity index (χ1n) is 7.96. The molecule has 1 fully saturated rings. The number of hydrogen-bond acceptors (Lipinski definition) is 2. The van der Waals surface area contributed by atoms with E-state index in [1.807, 2.05) is 13.1 Å². The van der Waals surface area contributed by atoms with E-state index in [2.05, 4.69) is 24.4 Å². The van der Waals surface area contributed by atoms with Crippen LogP contribution in [0.4, 0.5) is 10.5 Å². The average Bonchev–Trinajstić information content (AvgIpc) is 2.97. The Morgan fingerprint density at radius 3 is 2.76 bits per heavy atom. The van der Waals surface area contributed by atoms with Crippen molar-refractivity contribution in [2.75, 3.05) is 12.4 Å². The molecule has 3 rings (SSSR count). The second-order valence-corrected chi connectivity index (χ2v) is 6.60. The zero-order valence-electron chi connectivity index (χ0n) is 13.0. The highest BCUT2D eigenvalue weighted by atomic mass is 16.2. The van der Waals surface area contributed by atoms with E-state index >= 15 is 0 Å². The summed E-state index contributed by atoms with van der Waals surface area (Å²) in [5.41, 5.74) is 10.2. The molecule has 4 heteroatoms. The van der Waals surface area contributed by atoms with Crippen LogP contribution in [0.15, 0.2) is 18.2 Å². The molecular weight excluding hydrogens is 262 g/mol. The number of hydrogen-bond donors (Lipinski definition) is 2. The molecule has 1 heterocycles. The predicted molar refractivity (Wildman–Crippen MR) is 85.0 cm³/mol. The van der Waals surface area contributed by atoms with Crippen molar-refractivity contribution in [2.45, 2.75) is 51.6 Å². The number of carbonyl (C=O) groups is 1. The quantitative estimate of drug-likeness (QED) is 0.891. The number of nitrogens with two attached hydrogens (primary N) is 1. The van der Waals surface area contributed by atoms with Crippen LogP contribution in [0, 0.1) is 5.41 Å². The van der Waals surface area contributed by atoms with E-state index in [0.29, 0.717) is 6.54 Å². The van der Waals surface area contributed by atoms with Crippen LogP contribution in [0.5, 0.6) is 0 Å². The Hall–Kier alpha value is -1.55. The number of nitrogens with zero attached hydrogens (tertiary/aromatic N) is 1. The molecule has 3 N–H and O–H groups in total. The normalized spacial score (nSPS) is 21.9. The van der Waals surface area contributed by atoms with Gasteiger partial charge in [-0.05, 0) is 41.9 Å². The van der Waals surface area contributed by atoms with Crippen molar-refractivity contribution < 1.29 is 4.79 Å². The number of nitrogens with one attached hydrogen (secondary N) is 1. The van der Waals surface area contributed by atoms with E-state index in [-0.39, 0.29) is 17.5 Å². The van der Waals surface area contributed by atoms with Gasteiger partial charge in [-0.25, -0.2) is 4.79 Å². The highest BCUT2D eigenvalue weighted by molar-refractivity contribution is 5.92. The first-order valence-corrected chi connectivity index (χ1v) is 7.96. The van der Waals surface area contributed by atoms with Gasteiger partial charge in [0.25, 0.3) is 0 Å². The van der Waals surface area contributed by atoms with Crippen LogP contribution in [0.1, 0.15) is 56.2 Å². The maximum atomic E-state index is 11.7. The molecule has 1 aliphatic carbocycles. The van der Waals surface area contributed by atoms with Crippen LogP contribution < -0.4 is 11.1 Å². The number of anilines is 1.